The molecule has 1 unspecified atom stereocenters. The Morgan fingerprint density at radius 1 is 1.92 bits per heavy atom. The summed E-state index contributed by atoms with van der Waals surface area (Å²) >= 11 is 1.35. The third kappa shape index (κ3) is 1.74. The van der Waals surface area contributed by atoms with Crippen molar-refractivity contribution < 1.29 is 4.92 Å². The predicted molar refractivity (Wildman–Crippen MR) is 47.1 cm³/mol. The molecule has 0 bridgehead atoms. The van der Waals surface area contributed by atoms with E-state index in [2.05, 4.69) is 10.3 Å². The maximum absolute atomic E-state index is 10.3. The Kier molecular flexibility index (Phi) is 2.66. The van der Waals surface area contributed by atoms with Crippen LogP contribution < -0.4 is 11.1 Å². The first-order chi connectivity index (χ1) is 5.65. The molecule has 12 heavy (non-hydrogen) atoms. The van der Waals surface area contributed by atoms with Gasteiger partial charge in [0.2, 0.25) is 0 Å². The fourth-order valence-electron chi connectivity index (χ4n) is 0.723. The monoisotopic (exact) mass is 188 g/mol. The summed E-state index contributed by atoms with van der Waals surface area (Å²) in [6.07, 6.45) is 2.22. The van der Waals surface area contributed by atoms with E-state index in [0.29, 0.717) is 5.17 Å². The van der Waals surface area contributed by atoms with Gasteiger partial charge < -0.3 is 11.1 Å². The molecule has 3 N–H and O–H groups in total. The molecule has 1 aliphatic rings. The van der Waals surface area contributed by atoms with Gasteiger partial charge in [-0.3, -0.25) is 10.1 Å². The molecule has 0 spiro atoms. The SMILES string of the molecule is CSC1=NC(N)C([N+](=O)[O-])=CN1. The van der Waals surface area contributed by atoms with E-state index in [-0.39, 0.29) is 5.70 Å². The van der Waals surface area contributed by atoms with E-state index in [1.165, 1.54) is 18.0 Å². The van der Waals surface area contributed by atoms with Crippen LogP contribution in [0.15, 0.2) is 16.9 Å². The molecule has 0 aliphatic carbocycles. The zero-order valence-electron chi connectivity index (χ0n) is 6.35. The fraction of sp³-hybridized carbons (Fsp3) is 0.400. The Hall–Kier alpha value is -1.08. The van der Waals surface area contributed by atoms with Crippen molar-refractivity contribution in [2.45, 2.75) is 6.17 Å². The van der Waals surface area contributed by atoms with Crippen LogP contribution in [0.2, 0.25) is 0 Å². The number of amidine groups is 1. The minimum absolute atomic E-state index is 0.118. The standard InChI is InChI=1S/C5H8N4O2S/c1-12-5-7-2-3(9(10)11)4(6)8-5/h2,4H,6H2,1H3,(H,7,8). The van der Waals surface area contributed by atoms with Crippen LogP contribution in [0.5, 0.6) is 0 Å². The molecule has 1 rings (SSSR count). The number of hydrogen-bond donors (Lipinski definition) is 2. The summed E-state index contributed by atoms with van der Waals surface area (Å²) in [4.78, 5) is 13.6. The Morgan fingerprint density at radius 3 is 3.00 bits per heavy atom. The summed E-state index contributed by atoms with van der Waals surface area (Å²) in [5.74, 6) is 0. The van der Waals surface area contributed by atoms with Gasteiger partial charge >= 0.3 is 5.70 Å². The second-order valence-corrected chi connectivity index (χ2v) is 2.85. The van der Waals surface area contributed by atoms with E-state index in [1.807, 2.05) is 6.26 Å². The van der Waals surface area contributed by atoms with Gasteiger partial charge in [-0.1, -0.05) is 11.8 Å². The van der Waals surface area contributed by atoms with Crippen molar-refractivity contribution in [3.63, 3.8) is 0 Å². The highest BCUT2D eigenvalue weighted by Gasteiger charge is 2.23. The number of nitrogens with zero attached hydrogens (tertiary/aromatic N) is 2. The van der Waals surface area contributed by atoms with E-state index < -0.39 is 11.1 Å². The van der Waals surface area contributed by atoms with Crippen LogP contribution in [0.3, 0.4) is 0 Å². The van der Waals surface area contributed by atoms with Gasteiger partial charge in [0.05, 0.1) is 11.1 Å². The fourth-order valence-corrected chi connectivity index (χ4v) is 1.12. The largest absolute Gasteiger partial charge is 0.336 e. The summed E-state index contributed by atoms with van der Waals surface area (Å²) in [7, 11) is 0. The molecule has 0 saturated heterocycles. The summed E-state index contributed by atoms with van der Waals surface area (Å²) in [6.45, 7) is 0. The molecule has 66 valence electrons. The first-order valence-corrected chi connectivity index (χ1v) is 4.36. The molecule has 1 heterocycles. The Labute approximate surface area is 73.1 Å². The first kappa shape index (κ1) is 9.01. The highest BCUT2D eigenvalue weighted by atomic mass is 32.2. The third-order valence-corrected chi connectivity index (χ3v) is 1.92. The van der Waals surface area contributed by atoms with Crippen LogP contribution in [-0.4, -0.2) is 22.5 Å². The summed E-state index contributed by atoms with van der Waals surface area (Å²) in [5, 5.41) is 13.6. The lowest BCUT2D eigenvalue weighted by Crippen LogP contribution is -2.34. The van der Waals surface area contributed by atoms with Crippen LogP contribution in [-0.2, 0) is 0 Å². The Balaban J connectivity index is 2.75. The van der Waals surface area contributed by atoms with Gasteiger partial charge in [-0.2, -0.15) is 0 Å². The summed E-state index contributed by atoms with van der Waals surface area (Å²) in [6, 6.07) is 0. The minimum Gasteiger partial charge on any atom is -0.336 e. The lowest BCUT2D eigenvalue weighted by Gasteiger charge is -2.12. The number of thioether (sulfide) groups is 1. The van der Waals surface area contributed by atoms with Gasteiger partial charge in [0.15, 0.2) is 11.3 Å². The smallest absolute Gasteiger partial charge is 0.300 e. The second-order valence-electron chi connectivity index (χ2n) is 2.05. The summed E-state index contributed by atoms with van der Waals surface area (Å²) < 4.78 is 0. The highest BCUT2D eigenvalue weighted by Crippen LogP contribution is 2.09. The zero-order chi connectivity index (χ0) is 9.14. The van der Waals surface area contributed by atoms with E-state index >= 15 is 0 Å². The van der Waals surface area contributed by atoms with Gasteiger partial charge in [-0.15, -0.1) is 0 Å². The summed E-state index contributed by atoms with van der Waals surface area (Å²) in [5.41, 5.74) is 5.28. The average Bonchev–Trinajstić information content (AvgIpc) is 2.03. The van der Waals surface area contributed by atoms with E-state index in [4.69, 9.17) is 5.73 Å². The van der Waals surface area contributed by atoms with Crippen LogP contribution >= 0.6 is 11.8 Å². The van der Waals surface area contributed by atoms with Crippen molar-refractivity contribution in [3.05, 3.63) is 22.0 Å². The maximum atomic E-state index is 10.3. The van der Waals surface area contributed by atoms with E-state index in [0.717, 1.165) is 0 Å². The maximum Gasteiger partial charge on any atom is 0.300 e. The van der Waals surface area contributed by atoms with Crippen LogP contribution in [0.25, 0.3) is 0 Å². The normalized spacial score (nSPS) is 22.3. The second kappa shape index (κ2) is 3.55. The van der Waals surface area contributed by atoms with Crippen LogP contribution in [0.4, 0.5) is 0 Å². The van der Waals surface area contributed by atoms with Crippen molar-refractivity contribution >= 4 is 16.9 Å². The zero-order valence-corrected chi connectivity index (χ0v) is 7.17. The van der Waals surface area contributed by atoms with Gasteiger partial charge in [-0.05, 0) is 6.26 Å². The molecule has 0 amide bonds. The number of rotatable bonds is 1. The molecular weight excluding hydrogens is 180 g/mol. The van der Waals surface area contributed by atoms with Gasteiger partial charge in [0.1, 0.15) is 0 Å². The quantitative estimate of drug-likeness (QED) is 0.435. The molecule has 0 fully saturated rings. The van der Waals surface area contributed by atoms with Crippen LogP contribution in [0, 0.1) is 10.1 Å². The van der Waals surface area contributed by atoms with E-state index in [1.54, 1.807) is 0 Å². The molecule has 1 aliphatic heterocycles. The van der Waals surface area contributed by atoms with Crippen molar-refractivity contribution in [2.75, 3.05) is 6.26 Å². The van der Waals surface area contributed by atoms with Crippen molar-refractivity contribution in [2.24, 2.45) is 10.7 Å². The molecule has 0 radical (unpaired) electrons. The Bertz CT molecular complexity index is 262. The lowest BCUT2D eigenvalue weighted by molar-refractivity contribution is -0.430. The minimum atomic E-state index is -0.858. The first-order valence-electron chi connectivity index (χ1n) is 3.13. The Morgan fingerprint density at radius 2 is 2.58 bits per heavy atom. The van der Waals surface area contributed by atoms with Crippen molar-refractivity contribution in [3.8, 4) is 0 Å². The van der Waals surface area contributed by atoms with Gasteiger partial charge in [0, 0.05) is 0 Å². The number of nitrogens with one attached hydrogen (secondary N) is 1. The number of hydrogen-bond acceptors (Lipinski definition) is 6. The molecule has 0 aromatic heterocycles. The predicted octanol–water partition coefficient (Wildman–Crippen LogP) is -0.288. The molecule has 0 aromatic rings. The molecule has 0 saturated carbocycles. The van der Waals surface area contributed by atoms with Crippen LogP contribution in [0.1, 0.15) is 0 Å². The van der Waals surface area contributed by atoms with Crippen molar-refractivity contribution in [1.29, 1.82) is 0 Å². The molecule has 6 nitrogen and oxygen atoms in total. The highest BCUT2D eigenvalue weighted by molar-refractivity contribution is 8.13. The van der Waals surface area contributed by atoms with Gasteiger partial charge in [0.25, 0.3) is 0 Å². The van der Waals surface area contributed by atoms with Crippen molar-refractivity contribution in [1.82, 2.24) is 5.32 Å². The number of aliphatic imine (C=N–C) groups is 1. The average molecular weight is 188 g/mol. The molecule has 7 heteroatoms. The molecule has 0 aromatic carbocycles. The molecule has 1 atom stereocenters. The lowest BCUT2D eigenvalue weighted by atomic mass is 10.4. The third-order valence-electron chi connectivity index (χ3n) is 1.31. The topological polar surface area (TPSA) is 93.5 Å². The van der Waals surface area contributed by atoms with E-state index in [9.17, 15) is 10.1 Å². The number of nitrogens with two attached hydrogens (primary N) is 1. The number of nitro groups is 1. The molecular formula is C5H8N4O2S. The van der Waals surface area contributed by atoms with Gasteiger partial charge in [-0.25, -0.2) is 4.99 Å².